The van der Waals surface area contributed by atoms with E-state index < -0.39 is 0 Å². The third-order valence-electron chi connectivity index (χ3n) is 3.93. The number of rotatable bonds is 4. The molecule has 0 aromatic carbocycles. The van der Waals surface area contributed by atoms with Crippen LogP contribution in [-0.2, 0) is 4.74 Å². The quantitative estimate of drug-likeness (QED) is 0.891. The molecule has 0 spiro atoms. The number of hydrogen-bond acceptors (Lipinski definition) is 4. The first-order chi connectivity index (χ1) is 8.45. The fourth-order valence-corrected chi connectivity index (χ4v) is 2.45. The minimum Gasteiger partial charge on any atom is -0.378 e. The van der Waals surface area contributed by atoms with Gasteiger partial charge in [-0.1, -0.05) is 13.8 Å². The highest BCUT2D eigenvalue weighted by Gasteiger charge is 2.49. The second-order valence-electron chi connectivity index (χ2n) is 5.64. The Balaban J connectivity index is 2.05. The van der Waals surface area contributed by atoms with Crippen molar-refractivity contribution in [1.82, 2.24) is 9.97 Å². The highest BCUT2D eigenvalue weighted by Crippen LogP contribution is 2.44. The minimum atomic E-state index is 0.147. The van der Waals surface area contributed by atoms with Crippen molar-refractivity contribution in [2.45, 2.75) is 53.2 Å². The molecule has 4 heteroatoms. The molecule has 0 bridgehead atoms. The van der Waals surface area contributed by atoms with Gasteiger partial charge in [0.15, 0.2) is 0 Å². The molecule has 0 amide bonds. The maximum absolute atomic E-state index is 5.74. The van der Waals surface area contributed by atoms with Crippen LogP contribution in [0.4, 0.5) is 5.82 Å². The summed E-state index contributed by atoms with van der Waals surface area (Å²) in [5.74, 6) is 0.906. The smallest absolute Gasteiger partial charge is 0.147 e. The third-order valence-corrected chi connectivity index (χ3v) is 3.93. The van der Waals surface area contributed by atoms with Crippen LogP contribution < -0.4 is 5.32 Å². The first-order valence-corrected chi connectivity index (χ1v) is 6.63. The Morgan fingerprint density at radius 2 is 2.17 bits per heavy atom. The van der Waals surface area contributed by atoms with Crippen LogP contribution in [0.3, 0.4) is 0 Å². The average molecular weight is 249 g/mol. The van der Waals surface area contributed by atoms with Gasteiger partial charge in [-0.2, -0.15) is 0 Å². The molecule has 0 radical (unpaired) electrons. The predicted octanol–water partition coefficient (Wildman–Crippen LogP) is 2.71. The Bertz CT molecular complexity index is 431. The predicted molar refractivity (Wildman–Crippen MR) is 72.7 cm³/mol. The van der Waals surface area contributed by atoms with Gasteiger partial charge in [0.25, 0.3) is 0 Å². The lowest BCUT2D eigenvalue weighted by Crippen LogP contribution is -2.58. The molecule has 2 unspecified atom stereocenters. The van der Waals surface area contributed by atoms with Gasteiger partial charge in [-0.05, 0) is 27.2 Å². The van der Waals surface area contributed by atoms with Gasteiger partial charge in [-0.15, -0.1) is 0 Å². The average Bonchev–Trinajstić information content (AvgIpc) is 2.32. The van der Waals surface area contributed by atoms with Gasteiger partial charge in [0.1, 0.15) is 5.82 Å². The van der Waals surface area contributed by atoms with Crippen LogP contribution in [0, 0.1) is 19.3 Å². The summed E-state index contributed by atoms with van der Waals surface area (Å²) in [5.41, 5.74) is 2.05. The van der Waals surface area contributed by atoms with Crippen molar-refractivity contribution in [1.29, 1.82) is 0 Å². The van der Waals surface area contributed by atoms with Gasteiger partial charge in [0.2, 0.25) is 0 Å². The van der Waals surface area contributed by atoms with Crippen molar-refractivity contribution in [3.05, 3.63) is 17.6 Å². The number of anilines is 1. The first-order valence-electron chi connectivity index (χ1n) is 6.63. The van der Waals surface area contributed by atoms with Crippen molar-refractivity contribution < 1.29 is 4.74 Å². The summed E-state index contributed by atoms with van der Waals surface area (Å²) in [6, 6.07) is 0.406. The van der Waals surface area contributed by atoms with E-state index in [9.17, 15) is 0 Å². The molecule has 2 atom stereocenters. The molecule has 2 rings (SSSR count). The molecule has 18 heavy (non-hydrogen) atoms. The second kappa shape index (κ2) is 4.84. The zero-order valence-electron chi connectivity index (χ0n) is 11.9. The van der Waals surface area contributed by atoms with Crippen LogP contribution >= 0.6 is 0 Å². The maximum atomic E-state index is 5.74. The molecule has 1 heterocycles. The van der Waals surface area contributed by atoms with Crippen molar-refractivity contribution in [3.63, 3.8) is 0 Å². The Morgan fingerprint density at radius 3 is 2.78 bits per heavy atom. The minimum absolute atomic E-state index is 0.147. The highest BCUT2D eigenvalue weighted by atomic mass is 16.5. The molecule has 0 aliphatic heterocycles. The summed E-state index contributed by atoms with van der Waals surface area (Å²) in [7, 11) is 0. The molecular weight excluding hydrogens is 226 g/mol. The fraction of sp³-hybridized carbons (Fsp3) is 0.714. The standard InChI is InChI=1S/C14H23N3O/c1-6-18-12-7-11(14(12,4)5)17-13-10(3)15-8-9(2)16-13/h8,11-12H,6-7H2,1-5H3,(H,16,17). The monoisotopic (exact) mass is 249 g/mol. The number of nitrogens with one attached hydrogen (secondary N) is 1. The zero-order valence-corrected chi connectivity index (χ0v) is 11.9. The number of hydrogen-bond donors (Lipinski definition) is 1. The molecule has 1 aromatic rings. The van der Waals surface area contributed by atoms with E-state index in [0.717, 1.165) is 30.2 Å². The molecule has 0 saturated heterocycles. The Kier molecular flexibility index (Phi) is 3.57. The lowest BCUT2D eigenvalue weighted by molar-refractivity contribution is -0.0977. The van der Waals surface area contributed by atoms with Crippen LogP contribution in [0.25, 0.3) is 0 Å². The molecule has 1 aromatic heterocycles. The van der Waals surface area contributed by atoms with Crippen LogP contribution in [0.5, 0.6) is 0 Å². The fourth-order valence-electron chi connectivity index (χ4n) is 2.45. The molecule has 1 saturated carbocycles. The number of ether oxygens (including phenoxy) is 1. The first kappa shape index (κ1) is 13.3. The summed E-state index contributed by atoms with van der Waals surface area (Å²) in [4.78, 5) is 8.85. The normalized spacial score (nSPS) is 25.6. The van der Waals surface area contributed by atoms with Crippen LogP contribution in [-0.4, -0.2) is 28.7 Å². The van der Waals surface area contributed by atoms with Gasteiger partial charge in [0, 0.05) is 24.3 Å². The van der Waals surface area contributed by atoms with Crippen LogP contribution in [0.15, 0.2) is 6.20 Å². The van der Waals surface area contributed by atoms with Crippen LogP contribution in [0.2, 0.25) is 0 Å². The van der Waals surface area contributed by atoms with Crippen LogP contribution in [0.1, 0.15) is 38.6 Å². The maximum Gasteiger partial charge on any atom is 0.147 e. The molecular formula is C14H23N3O. The summed E-state index contributed by atoms with van der Waals surface area (Å²) in [5, 5.41) is 3.51. The Hall–Kier alpha value is -1.16. The van der Waals surface area contributed by atoms with E-state index in [1.165, 1.54) is 0 Å². The number of aromatic nitrogens is 2. The largest absolute Gasteiger partial charge is 0.378 e. The van der Waals surface area contributed by atoms with E-state index in [0.29, 0.717) is 12.1 Å². The summed E-state index contributed by atoms with van der Waals surface area (Å²) < 4.78 is 5.74. The van der Waals surface area contributed by atoms with E-state index in [4.69, 9.17) is 4.74 Å². The highest BCUT2D eigenvalue weighted by molar-refractivity contribution is 5.42. The number of aryl methyl sites for hydroxylation is 2. The van der Waals surface area contributed by atoms with Crippen molar-refractivity contribution in [2.75, 3.05) is 11.9 Å². The molecule has 1 aliphatic carbocycles. The van der Waals surface area contributed by atoms with E-state index in [1.807, 2.05) is 20.8 Å². The molecule has 1 aliphatic rings. The van der Waals surface area contributed by atoms with Gasteiger partial charge in [-0.3, -0.25) is 4.98 Å². The second-order valence-corrected chi connectivity index (χ2v) is 5.64. The zero-order chi connectivity index (χ0) is 13.3. The SMILES string of the molecule is CCOC1CC(Nc2nc(C)cnc2C)C1(C)C. The third kappa shape index (κ3) is 2.34. The van der Waals surface area contributed by atoms with E-state index in [1.54, 1.807) is 6.20 Å². The molecule has 4 nitrogen and oxygen atoms in total. The van der Waals surface area contributed by atoms with Gasteiger partial charge in [-0.25, -0.2) is 4.98 Å². The summed E-state index contributed by atoms with van der Waals surface area (Å²) in [6.07, 6.45) is 3.18. The van der Waals surface area contributed by atoms with Crippen molar-refractivity contribution in [3.8, 4) is 0 Å². The van der Waals surface area contributed by atoms with E-state index >= 15 is 0 Å². The number of nitrogens with zero attached hydrogens (tertiary/aromatic N) is 2. The Morgan fingerprint density at radius 1 is 1.44 bits per heavy atom. The summed E-state index contributed by atoms with van der Waals surface area (Å²) >= 11 is 0. The lowest BCUT2D eigenvalue weighted by atomic mass is 9.64. The lowest BCUT2D eigenvalue weighted by Gasteiger charge is -2.51. The van der Waals surface area contributed by atoms with Gasteiger partial charge >= 0.3 is 0 Å². The van der Waals surface area contributed by atoms with E-state index in [2.05, 4.69) is 29.1 Å². The topological polar surface area (TPSA) is 47.0 Å². The summed E-state index contributed by atoms with van der Waals surface area (Å²) in [6.45, 7) is 11.3. The van der Waals surface area contributed by atoms with Crippen molar-refractivity contribution in [2.24, 2.45) is 5.41 Å². The molecule has 1 N–H and O–H groups in total. The van der Waals surface area contributed by atoms with E-state index in [-0.39, 0.29) is 5.41 Å². The molecule has 100 valence electrons. The van der Waals surface area contributed by atoms with Crippen molar-refractivity contribution >= 4 is 5.82 Å². The molecule has 1 fully saturated rings. The Labute approximate surface area is 109 Å². The van der Waals surface area contributed by atoms with Gasteiger partial charge < -0.3 is 10.1 Å². The van der Waals surface area contributed by atoms with Gasteiger partial charge in [0.05, 0.1) is 17.5 Å².